The molecule has 0 amide bonds. The van der Waals surface area contributed by atoms with Crippen LogP contribution in [0.5, 0.6) is 11.5 Å². The average molecular weight is 661 g/mol. The van der Waals surface area contributed by atoms with Gasteiger partial charge in [-0.15, -0.1) is 0 Å². The van der Waals surface area contributed by atoms with E-state index in [-0.39, 0.29) is 0 Å². The summed E-state index contributed by atoms with van der Waals surface area (Å²) in [7, 11) is -4.58. The molecule has 3 aliphatic rings. The van der Waals surface area contributed by atoms with Crippen molar-refractivity contribution < 1.29 is 18.5 Å². The van der Waals surface area contributed by atoms with E-state index in [9.17, 15) is 9.46 Å². The van der Waals surface area contributed by atoms with Gasteiger partial charge in [0.05, 0.1) is 0 Å². The number of benzene rings is 6. The van der Waals surface area contributed by atoms with E-state index >= 15 is 0 Å². The first-order chi connectivity index (χ1) is 24.0. The first-order valence-electron chi connectivity index (χ1n) is 17.4. The van der Waals surface area contributed by atoms with Crippen LogP contribution in [0.25, 0.3) is 55.6 Å². The van der Waals surface area contributed by atoms with Gasteiger partial charge in [0.1, 0.15) is 11.5 Å². The number of phosphoric ester groups is 1. The van der Waals surface area contributed by atoms with Crippen LogP contribution in [0.1, 0.15) is 47.9 Å². The largest absolute Gasteiger partial charge is 0.584 e. The highest BCUT2D eigenvalue weighted by Crippen LogP contribution is 2.61. The Kier molecular flexibility index (Phi) is 7.53. The molecule has 49 heavy (non-hydrogen) atoms. The van der Waals surface area contributed by atoms with Crippen molar-refractivity contribution in [3.8, 4) is 67.1 Å². The summed E-state index contributed by atoms with van der Waals surface area (Å²) in [6.07, 6.45) is 8.10. The molecular formula is C44H37O4P. The van der Waals surface area contributed by atoms with Gasteiger partial charge in [-0.05, 0) is 119 Å². The van der Waals surface area contributed by atoms with Crippen LogP contribution in [0.15, 0.2) is 121 Å². The summed E-state index contributed by atoms with van der Waals surface area (Å²) in [5.41, 5.74) is 15.0. The van der Waals surface area contributed by atoms with Crippen molar-refractivity contribution >= 4 is 7.82 Å². The maximum absolute atomic E-state index is 14.1. The number of aryl methyl sites for hydroxylation is 2. The first kappa shape index (κ1) is 30.2. The summed E-state index contributed by atoms with van der Waals surface area (Å²) < 4.78 is 26.6. The second kappa shape index (κ2) is 12.2. The maximum atomic E-state index is 14.1. The van der Waals surface area contributed by atoms with Crippen molar-refractivity contribution in [3.63, 3.8) is 0 Å². The van der Waals surface area contributed by atoms with Gasteiger partial charge in [-0.1, -0.05) is 109 Å². The molecule has 1 N–H and O–H groups in total. The van der Waals surface area contributed by atoms with Gasteiger partial charge >= 0.3 is 7.82 Å². The fraction of sp³-hybridized carbons (Fsp3) is 0.182. The van der Waals surface area contributed by atoms with Crippen molar-refractivity contribution in [2.45, 2.75) is 51.4 Å². The molecule has 0 saturated carbocycles. The lowest BCUT2D eigenvalue weighted by atomic mass is 9.77. The molecule has 5 heteroatoms. The molecule has 0 fully saturated rings. The summed E-state index contributed by atoms with van der Waals surface area (Å²) in [5.74, 6) is 0.920. The molecule has 1 heterocycles. The van der Waals surface area contributed by atoms with Crippen molar-refractivity contribution in [1.29, 1.82) is 0 Å². The summed E-state index contributed by atoms with van der Waals surface area (Å²) in [6, 6.07) is 41.9. The molecule has 6 aromatic rings. The first-order valence-corrected chi connectivity index (χ1v) is 18.9. The van der Waals surface area contributed by atoms with Crippen molar-refractivity contribution in [2.75, 3.05) is 0 Å². The fourth-order valence-electron chi connectivity index (χ4n) is 8.11. The Hall–Kier alpha value is -4.89. The second-order valence-corrected chi connectivity index (χ2v) is 14.8. The van der Waals surface area contributed by atoms with Gasteiger partial charge in [-0.3, -0.25) is 4.89 Å². The Morgan fingerprint density at radius 1 is 0.449 bits per heavy atom. The maximum Gasteiger partial charge on any atom is 0.584 e. The minimum Gasteiger partial charge on any atom is -0.394 e. The normalized spacial score (nSPS) is 15.8. The van der Waals surface area contributed by atoms with Gasteiger partial charge in [0.15, 0.2) is 0 Å². The SMILES string of the molecule is O=P1(O)Oc2c(-c3ccc(-c4ccccc4)cc3)cc3c(c2-c2c4c(cc(-c5ccc(-c6ccccc6)cc5)c2O1)CCCC4)CCCC3. The predicted octanol–water partition coefficient (Wildman–Crippen LogP) is 11.7. The van der Waals surface area contributed by atoms with Gasteiger partial charge in [-0.2, -0.15) is 0 Å². The standard InChI is InChI=1S/C44H37O4P/c45-49(46)47-43-39(33-23-19-31(20-24-33)29-11-3-1-4-12-29)27-35-15-7-9-17-37(35)41(43)42-38-18-10-8-16-36(38)28-40(44(42)48-49)34-25-21-32(22-26-34)30-13-5-2-6-14-30/h1-6,11-14,19-28H,7-10,15-18H2,(H,45,46). The Bertz CT molecular complexity index is 2080. The van der Waals surface area contributed by atoms with E-state index in [1.807, 2.05) is 36.4 Å². The Labute approximate surface area is 287 Å². The summed E-state index contributed by atoms with van der Waals surface area (Å²) in [6.45, 7) is 0. The van der Waals surface area contributed by atoms with E-state index in [0.717, 1.165) is 107 Å². The van der Waals surface area contributed by atoms with E-state index in [2.05, 4.69) is 84.9 Å². The molecule has 6 aromatic carbocycles. The van der Waals surface area contributed by atoms with Gasteiger partial charge in [0.25, 0.3) is 0 Å². The monoisotopic (exact) mass is 660 g/mol. The molecule has 9 rings (SSSR count). The second-order valence-electron chi connectivity index (χ2n) is 13.5. The van der Waals surface area contributed by atoms with Crippen molar-refractivity contribution in [2.24, 2.45) is 0 Å². The molecule has 0 aromatic heterocycles. The Morgan fingerprint density at radius 3 is 1.20 bits per heavy atom. The minimum absolute atomic E-state index is 0.460. The van der Waals surface area contributed by atoms with Crippen LogP contribution in [-0.4, -0.2) is 4.89 Å². The van der Waals surface area contributed by atoms with Gasteiger partial charge < -0.3 is 9.05 Å². The van der Waals surface area contributed by atoms with Crippen LogP contribution in [-0.2, 0) is 30.2 Å². The summed E-state index contributed by atoms with van der Waals surface area (Å²) in [5, 5.41) is 0. The molecular weight excluding hydrogens is 623 g/mol. The molecule has 2 aliphatic carbocycles. The van der Waals surface area contributed by atoms with Gasteiger partial charge in [-0.25, -0.2) is 4.57 Å². The number of rotatable bonds is 4. The molecule has 0 saturated heterocycles. The highest BCUT2D eigenvalue weighted by Gasteiger charge is 2.40. The Balaban J connectivity index is 1.28. The zero-order chi connectivity index (χ0) is 33.0. The zero-order valence-electron chi connectivity index (χ0n) is 27.3. The molecule has 4 nitrogen and oxygen atoms in total. The summed E-state index contributed by atoms with van der Waals surface area (Å²) in [4.78, 5) is 11.5. The third-order valence-corrected chi connectivity index (χ3v) is 11.3. The van der Waals surface area contributed by atoms with Crippen LogP contribution >= 0.6 is 7.82 Å². The van der Waals surface area contributed by atoms with E-state index < -0.39 is 7.82 Å². The molecule has 0 atom stereocenters. The minimum atomic E-state index is -4.58. The molecule has 0 unspecified atom stereocenters. The molecule has 1 aliphatic heterocycles. The lowest BCUT2D eigenvalue weighted by molar-refractivity contribution is 0.295. The highest BCUT2D eigenvalue weighted by atomic mass is 31.2. The van der Waals surface area contributed by atoms with E-state index in [1.165, 1.54) is 22.3 Å². The van der Waals surface area contributed by atoms with Gasteiger partial charge in [0, 0.05) is 22.3 Å². The van der Waals surface area contributed by atoms with E-state index in [4.69, 9.17) is 9.05 Å². The fourth-order valence-corrected chi connectivity index (χ4v) is 8.99. The van der Waals surface area contributed by atoms with E-state index in [1.54, 1.807) is 0 Å². The Morgan fingerprint density at radius 2 is 0.796 bits per heavy atom. The number of hydrogen-bond acceptors (Lipinski definition) is 3. The number of fused-ring (bicyclic) bond motifs is 7. The third-order valence-electron chi connectivity index (χ3n) is 10.5. The number of hydrogen-bond donors (Lipinski definition) is 1. The van der Waals surface area contributed by atoms with Gasteiger partial charge in [0.2, 0.25) is 0 Å². The van der Waals surface area contributed by atoms with Crippen LogP contribution in [0, 0.1) is 0 Å². The van der Waals surface area contributed by atoms with Crippen molar-refractivity contribution in [1.82, 2.24) is 0 Å². The zero-order valence-corrected chi connectivity index (χ0v) is 28.2. The predicted molar refractivity (Wildman–Crippen MR) is 198 cm³/mol. The highest BCUT2D eigenvalue weighted by molar-refractivity contribution is 7.48. The van der Waals surface area contributed by atoms with E-state index in [0.29, 0.717) is 11.5 Å². The topological polar surface area (TPSA) is 55.8 Å². The average Bonchev–Trinajstić information content (AvgIpc) is 3.28. The summed E-state index contributed by atoms with van der Waals surface area (Å²) >= 11 is 0. The molecule has 0 bridgehead atoms. The van der Waals surface area contributed by atoms with Crippen LogP contribution in [0.2, 0.25) is 0 Å². The molecule has 242 valence electrons. The third kappa shape index (κ3) is 5.50. The molecule has 0 spiro atoms. The smallest absolute Gasteiger partial charge is 0.394 e. The lowest BCUT2D eigenvalue weighted by Crippen LogP contribution is -2.10. The van der Waals surface area contributed by atoms with Crippen LogP contribution < -0.4 is 9.05 Å². The van der Waals surface area contributed by atoms with Crippen LogP contribution in [0.4, 0.5) is 0 Å². The molecule has 0 radical (unpaired) electrons. The lowest BCUT2D eigenvalue weighted by Gasteiger charge is -2.28. The van der Waals surface area contributed by atoms with Crippen molar-refractivity contribution in [3.05, 3.63) is 144 Å². The quantitative estimate of drug-likeness (QED) is 0.191. The van der Waals surface area contributed by atoms with Crippen LogP contribution in [0.3, 0.4) is 0 Å². The number of phosphoric acid groups is 1.